The first-order chi connectivity index (χ1) is 15.7. The van der Waals surface area contributed by atoms with Crippen LogP contribution in [0.4, 0.5) is 13.2 Å². The molecular formula is C25H31F3O6. The maximum absolute atomic E-state index is 17.1. The number of ketones is 1. The van der Waals surface area contributed by atoms with E-state index in [-0.39, 0.29) is 19.3 Å². The highest BCUT2D eigenvalue weighted by Gasteiger charge is 2.78. The molecule has 34 heavy (non-hydrogen) atoms. The Balaban J connectivity index is 1.87. The van der Waals surface area contributed by atoms with Crippen LogP contribution in [0.2, 0.25) is 0 Å². The van der Waals surface area contributed by atoms with E-state index >= 15 is 8.78 Å². The summed E-state index contributed by atoms with van der Waals surface area (Å²) in [5.74, 6) is -7.18. The number of allylic oxidation sites excluding steroid dienone is 4. The minimum absolute atomic E-state index is 0.00158. The molecule has 9 atom stereocenters. The molecule has 0 radical (unpaired) electrons. The Kier molecular flexibility index (Phi) is 5.63. The Morgan fingerprint density at radius 3 is 2.47 bits per heavy atom. The van der Waals surface area contributed by atoms with Gasteiger partial charge in [0.2, 0.25) is 11.4 Å². The summed E-state index contributed by atoms with van der Waals surface area (Å²) >= 11 is 0. The number of rotatable bonds is 4. The lowest BCUT2D eigenvalue weighted by Gasteiger charge is -2.62. The first kappa shape index (κ1) is 24.9. The molecule has 0 amide bonds. The van der Waals surface area contributed by atoms with Gasteiger partial charge in [0, 0.05) is 34.7 Å². The minimum Gasteiger partial charge on any atom is -0.478 e. The largest absolute Gasteiger partial charge is 0.478 e. The van der Waals surface area contributed by atoms with Gasteiger partial charge in [-0.15, -0.1) is 0 Å². The number of hydrogen-bond donors (Lipinski definition) is 2. The molecule has 2 N–H and O–H groups in total. The molecule has 0 bridgehead atoms. The normalized spacial score (nSPS) is 47.6. The third kappa shape index (κ3) is 2.76. The average Bonchev–Trinajstić information content (AvgIpc) is 2.95. The van der Waals surface area contributed by atoms with Crippen LogP contribution in [0.3, 0.4) is 0 Å². The molecule has 3 fully saturated rings. The molecular weight excluding hydrogens is 453 g/mol. The molecule has 4 aliphatic carbocycles. The molecule has 3 saturated carbocycles. The molecule has 0 unspecified atom stereocenters. The molecule has 188 valence electrons. The van der Waals surface area contributed by atoms with Gasteiger partial charge in [-0.1, -0.05) is 26.8 Å². The van der Waals surface area contributed by atoms with Crippen LogP contribution < -0.4 is 0 Å². The van der Waals surface area contributed by atoms with E-state index in [9.17, 15) is 29.0 Å². The molecule has 4 aliphatic rings. The molecule has 0 aromatic carbocycles. The fourth-order valence-corrected chi connectivity index (χ4v) is 7.77. The molecule has 0 spiro atoms. The molecule has 0 aromatic heterocycles. The summed E-state index contributed by atoms with van der Waals surface area (Å²) in [4.78, 5) is 37.1. The Morgan fingerprint density at radius 2 is 1.88 bits per heavy atom. The van der Waals surface area contributed by atoms with E-state index < -0.39 is 87.7 Å². The monoisotopic (exact) mass is 484 g/mol. The predicted octanol–water partition coefficient (Wildman–Crippen LogP) is 4.02. The van der Waals surface area contributed by atoms with Gasteiger partial charge in [0.05, 0.1) is 6.10 Å². The lowest BCUT2D eigenvalue weighted by molar-refractivity contribution is -0.237. The van der Waals surface area contributed by atoms with Gasteiger partial charge in [-0.2, -0.15) is 0 Å². The second-order valence-corrected chi connectivity index (χ2v) is 10.9. The van der Waals surface area contributed by atoms with Crippen LogP contribution in [0.5, 0.6) is 0 Å². The third-order valence-electron chi connectivity index (χ3n) is 9.29. The summed E-state index contributed by atoms with van der Waals surface area (Å²) in [5.41, 5.74) is -8.51. The average molecular weight is 485 g/mol. The van der Waals surface area contributed by atoms with Crippen LogP contribution in [-0.2, 0) is 19.1 Å². The van der Waals surface area contributed by atoms with Gasteiger partial charge in [0.25, 0.3) is 0 Å². The highest BCUT2D eigenvalue weighted by Crippen LogP contribution is 2.71. The quantitative estimate of drug-likeness (QED) is 0.585. The highest BCUT2D eigenvalue weighted by molar-refractivity contribution is 6.04. The number of carboxylic acids is 1. The van der Waals surface area contributed by atoms with E-state index in [1.165, 1.54) is 6.92 Å². The van der Waals surface area contributed by atoms with Gasteiger partial charge in [-0.25, -0.2) is 18.0 Å². The van der Waals surface area contributed by atoms with E-state index in [0.29, 0.717) is 6.42 Å². The summed E-state index contributed by atoms with van der Waals surface area (Å²) in [6.07, 6.45) is -2.15. The van der Waals surface area contributed by atoms with Gasteiger partial charge in [0.15, 0.2) is 11.5 Å². The Hall–Kier alpha value is -2.16. The Labute approximate surface area is 196 Å². The molecule has 4 rings (SSSR count). The van der Waals surface area contributed by atoms with Crippen molar-refractivity contribution < 1.29 is 42.5 Å². The number of hydrogen-bond acceptors (Lipinski definition) is 5. The Morgan fingerprint density at radius 1 is 1.24 bits per heavy atom. The number of fused-ring (bicyclic) bond motifs is 5. The van der Waals surface area contributed by atoms with Crippen molar-refractivity contribution >= 4 is 17.7 Å². The van der Waals surface area contributed by atoms with Crippen molar-refractivity contribution in [2.24, 2.45) is 28.6 Å². The zero-order chi connectivity index (χ0) is 25.4. The van der Waals surface area contributed by atoms with Crippen LogP contribution in [0.1, 0.15) is 59.8 Å². The van der Waals surface area contributed by atoms with Gasteiger partial charge in [-0.3, -0.25) is 9.59 Å². The number of esters is 1. The second kappa shape index (κ2) is 7.67. The smallest absolute Gasteiger partial charge is 0.349 e. The van der Waals surface area contributed by atoms with Gasteiger partial charge >= 0.3 is 11.9 Å². The zero-order valence-corrected chi connectivity index (χ0v) is 19.7. The van der Waals surface area contributed by atoms with E-state index in [4.69, 9.17) is 4.74 Å². The molecule has 0 aliphatic heterocycles. The van der Waals surface area contributed by atoms with Crippen LogP contribution in [0, 0.1) is 28.6 Å². The maximum atomic E-state index is 17.1. The maximum Gasteiger partial charge on any atom is 0.349 e. The standard InChI is InChI=1S/C25H31F3O6/c1-5-6-18(31)34-25(21(32)33)12(2)9-13-14-10-15(26)19-20(27)16(29)7-8-22(19,3)24(14,28)17(30)11-23(13,25)4/h7-8,12-15,17,30H,5-6,9-11H2,1-4H3,(H,32,33)/t12-,13-,14-,15-,17-,22-,23-,24-,25-/m0/s1. The summed E-state index contributed by atoms with van der Waals surface area (Å²) in [6.45, 7) is 6.18. The lowest BCUT2D eigenvalue weighted by Crippen LogP contribution is -2.71. The Bertz CT molecular complexity index is 1010. The first-order valence-corrected chi connectivity index (χ1v) is 11.8. The molecule has 0 aromatic rings. The molecule has 0 heterocycles. The van der Waals surface area contributed by atoms with E-state index in [1.54, 1.807) is 20.8 Å². The zero-order valence-electron chi connectivity index (χ0n) is 19.7. The van der Waals surface area contributed by atoms with E-state index in [0.717, 1.165) is 12.2 Å². The van der Waals surface area contributed by atoms with Gasteiger partial charge < -0.3 is 14.9 Å². The fraction of sp³-hybridized carbons (Fsp3) is 0.720. The summed E-state index contributed by atoms with van der Waals surface area (Å²) in [5, 5.41) is 21.6. The lowest BCUT2D eigenvalue weighted by atomic mass is 9.44. The van der Waals surface area contributed by atoms with Crippen LogP contribution in [0.15, 0.2) is 23.6 Å². The van der Waals surface area contributed by atoms with Crippen LogP contribution in [-0.4, -0.2) is 51.5 Å². The number of carboxylic acid groups (broad SMARTS) is 1. The molecule has 6 nitrogen and oxygen atoms in total. The van der Waals surface area contributed by atoms with Crippen molar-refractivity contribution in [3.05, 3.63) is 23.6 Å². The minimum atomic E-state index is -2.55. The van der Waals surface area contributed by atoms with Gasteiger partial charge in [0.1, 0.15) is 6.17 Å². The number of carbonyl (C=O) groups excluding carboxylic acids is 2. The van der Waals surface area contributed by atoms with Crippen LogP contribution in [0.25, 0.3) is 0 Å². The van der Waals surface area contributed by atoms with E-state index in [2.05, 4.69) is 0 Å². The van der Waals surface area contributed by atoms with Crippen molar-refractivity contribution in [3.63, 3.8) is 0 Å². The van der Waals surface area contributed by atoms with Crippen molar-refractivity contribution in [1.29, 1.82) is 0 Å². The van der Waals surface area contributed by atoms with Crippen molar-refractivity contribution in [2.75, 3.05) is 0 Å². The number of aliphatic hydroxyl groups is 1. The summed E-state index contributed by atoms with van der Waals surface area (Å²) in [7, 11) is 0. The van der Waals surface area contributed by atoms with E-state index in [1.807, 2.05) is 0 Å². The van der Waals surface area contributed by atoms with Crippen LogP contribution >= 0.6 is 0 Å². The number of aliphatic carboxylic acids is 1. The number of aliphatic hydroxyl groups excluding tert-OH is 1. The SMILES string of the molecule is CCCC(=O)O[C@]1(C(=O)O)[C@@H](C)C[C@H]2[C@@H]3C[C@H](F)C4=C(F)C(=O)C=C[C@]4(C)[C@@]3(F)[C@@H](O)C[C@@]21C. The third-order valence-corrected chi connectivity index (χ3v) is 9.29. The summed E-state index contributed by atoms with van der Waals surface area (Å²) < 4.78 is 53.0. The molecule has 9 heteroatoms. The summed E-state index contributed by atoms with van der Waals surface area (Å²) in [6, 6.07) is 0. The second-order valence-electron chi connectivity index (χ2n) is 10.9. The number of ether oxygens (including phenoxy) is 1. The number of carbonyl (C=O) groups is 3. The van der Waals surface area contributed by atoms with Crippen molar-refractivity contribution in [3.8, 4) is 0 Å². The number of halogens is 3. The van der Waals surface area contributed by atoms with Crippen molar-refractivity contribution in [1.82, 2.24) is 0 Å². The predicted molar refractivity (Wildman–Crippen MR) is 115 cm³/mol. The van der Waals surface area contributed by atoms with Crippen molar-refractivity contribution in [2.45, 2.75) is 83.3 Å². The van der Waals surface area contributed by atoms with Gasteiger partial charge in [-0.05, 0) is 44.6 Å². The number of alkyl halides is 2. The topological polar surface area (TPSA) is 101 Å². The first-order valence-electron chi connectivity index (χ1n) is 11.8. The fourth-order valence-electron chi connectivity index (χ4n) is 7.77. The molecule has 0 saturated heterocycles. The highest BCUT2D eigenvalue weighted by atomic mass is 19.2.